The maximum absolute atomic E-state index is 11.3. The predicted octanol–water partition coefficient (Wildman–Crippen LogP) is 5.16. The standard InChI is InChI=1S/C23H17N5O2/c1-14-10-11-20(15(2)12-14)27-22(16-6-5-7-17(13-16)28(29)30)26-21-23(27)25-19-9-4-3-8-18(19)24-21/h3-13H,1-2H3. The van der Waals surface area contributed by atoms with Crippen molar-refractivity contribution in [3.8, 4) is 17.1 Å². The highest BCUT2D eigenvalue weighted by Gasteiger charge is 2.20. The zero-order valence-electron chi connectivity index (χ0n) is 16.4. The maximum atomic E-state index is 11.3. The van der Waals surface area contributed by atoms with Crippen LogP contribution in [0.1, 0.15) is 11.1 Å². The fraction of sp³-hybridized carbons (Fsp3) is 0.0870. The Morgan fingerprint density at radius 2 is 1.63 bits per heavy atom. The Morgan fingerprint density at radius 3 is 2.37 bits per heavy atom. The van der Waals surface area contributed by atoms with Crippen molar-refractivity contribution in [3.63, 3.8) is 0 Å². The zero-order chi connectivity index (χ0) is 20.8. The van der Waals surface area contributed by atoms with Crippen LogP contribution in [0.2, 0.25) is 0 Å². The molecule has 0 bridgehead atoms. The van der Waals surface area contributed by atoms with E-state index in [9.17, 15) is 10.1 Å². The van der Waals surface area contributed by atoms with Gasteiger partial charge in [-0.3, -0.25) is 14.7 Å². The summed E-state index contributed by atoms with van der Waals surface area (Å²) in [7, 11) is 0. The monoisotopic (exact) mass is 395 g/mol. The van der Waals surface area contributed by atoms with Crippen molar-refractivity contribution >= 4 is 28.0 Å². The number of non-ortho nitro benzene ring substituents is 1. The second-order valence-corrected chi connectivity index (χ2v) is 7.23. The third-order valence-electron chi connectivity index (χ3n) is 5.08. The van der Waals surface area contributed by atoms with Gasteiger partial charge in [0.1, 0.15) is 5.82 Å². The number of fused-ring (bicyclic) bond motifs is 2. The van der Waals surface area contributed by atoms with E-state index in [2.05, 4.69) is 11.1 Å². The van der Waals surface area contributed by atoms with Crippen LogP contribution in [0.4, 0.5) is 5.69 Å². The van der Waals surface area contributed by atoms with Gasteiger partial charge in [0.05, 0.1) is 21.6 Å². The number of imidazole rings is 1. The van der Waals surface area contributed by atoms with Crippen molar-refractivity contribution in [1.82, 2.24) is 19.5 Å². The third-order valence-corrected chi connectivity index (χ3v) is 5.08. The van der Waals surface area contributed by atoms with Crippen molar-refractivity contribution in [2.75, 3.05) is 0 Å². The second-order valence-electron chi connectivity index (χ2n) is 7.23. The summed E-state index contributed by atoms with van der Waals surface area (Å²) in [5, 5.41) is 11.3. The molecule has 5 aromatic rings. The lowest BCUT2D eigenvalue weighted by molar-refractivity contribution is -0.384. The highest BCUT2D eigenvalue weighted by Crippen LogP contribution is 2.31. The SMILES string of the molecule is Cc1ccc(-n2c(-c3cccc([N+](=O)[O-])c3)nc3nc4ccccc4nc32)c(C)c1. The fourth-order valence-corrected chi connectivity index (χ4v) is 3.69. The summed E-state index contributed by atoms with van der Waals surface area (Å²) in [5.41, 5.74) is 6.38. The van der Waals surface area contributed by atoms with E-state index in [1.165, 1.54) is 12.1 Å². The van der Waals surface area contributed by atoms with E-state index in [1.807, 2.05) is 60.9 Å². The Bertz CT molecular complexity index is 1460. The highest BCUT2D eigenvalue weighted by molar-refractivity contribution is 5.86. The number of hydrogen-bond acceptors (Lipinski definition) is 5. The first-order valence-corrected chi connectivity index (χ1v) is 9.49. The minimum Gasteiger partial charge on any atom is -0.275 e. The molecule has 2 heterocycles. The number of nitro groups is 1. The Labute approximate surface area is 171 Å². The van der Waals surface area contributed by atoms with Gasteiger partial charge < -0.3 is 0 Å². The molecular weight excluding hydrogens is 378 g/mol. The van der Waals surface area contributed by atoms with E-state index in [0.717, 1.165) is 27.8 Å². The van der Waals surface area contributed by atoms with Crippen LogP contribution in [0, 0.1) is 24.0 Å². The van der Waals surface area contributed by atoms with Gasteiger partial charge in [-0.25, -0.2) is 15.0 Å². The minimum absolute atomic E-state index is 0.0119. The van der Waals surface area contributed by atoms with E-state index in [1.54, 1.807) is 6.07 Å². The number of nitrogens with zero attached hydrogens (tertiary/aromatic N) is 5. The molecule has 7 heteroatoms. The van der Waals surface area contributed by atoms with Crippen LogP contribution in [0.3, 0.4) is 0 Å². The average molecular weight is 395 g/mol. The summed E-state index contributed by atoms with van der Waals surface area (Å²) in [6, 6.07) is 20.2. The zero-order valence-corrected chi connectivity index (χ0v) is 16.4. The summed E-state index contributed by atoms with van der Waals surface area (Å²) in [4.78, 5) is 25.2. The molecule has 146 valence electrons. The molecule has 0 unspecified atom stereocenters. The lowest BCUT2D eigenvalue weighted by Crippen LogP contribution is -2.02. The van der Waals surface area contributed by atoms with Gasteiger partial charge in [-0.15, -0.1) is 0 Å². The number of rotatable bonds is 3. The molecular formula is C23H17N5O2. The quantitative estimate of drug-likeness (QED) is 0.311. The molecule has 0 N–H and O–H groups in total. The summed E-state index contributed by atoms with van der Waals surface area (Å²) >= 11 is 0. The second kappa shape index (κ2) is 6.73. The van der Waals surface area contributed by atoms with E-state index >= 15 is 0 Å². The van der Waals surface area contributed by atoms with Gasteiger partial charge >= 0.3 is 0 Å². The van der Waals surface area contributed by atoms with Crippen molar-refractivity contribution in [3.05, 3.63) is 88.0 Å². The first-order chi connectivity index (χ1) is 14.5. The topological polar surface area (TPSA) is 86.7 Å². The van der Waals surface area contributed by atoms with Crippen LogP contribution in [0.25, 0.3) is 39.4 Å². The van der Waals surface area contributed by atoms with Crippen LogP contribution in [0.15, 0.2) is 66.7 Å². The van der Waals surface area contributed by atoms with Gasteiger partial charge in [0.2, 0.25) is 0 Å². The van der Waals surface area contributed by atoms with E-state index in [0.29, 0.717) is 22.7 Å². The number of benzene rings is 3. The summed E-state index contributed by atoms with van der Waals surface area (Å²) in [6.07, 6.45) is 0. The Morgan fingerprint density at radius 1 is 0.867 bits per heavy atom. The smallest absolute Gasteiger partial charge is 0.270 e. The highest BCUT2D eigenvalue weighted by atomic mass is 16.6. The Kier molecular flexibility index (Phi) is 4.03. The average Bonchev–Trinajstić information content (AvgIpc) is 3.10. The van der Waals surface area contributed by atoms with Crippen LogP contribution in [-0.4, -0.2) is 24.4 Å². The van der Waals surface area contributed by atoms with E-state index in [-0.39, 0.29) is 5.69 Å². The molecule has 3 aromatic carbocycles. The van der Waals surface area contributed by atoms with Crippen molar-refractivity contribution < 1.29 is 4.92 Å². The molecule has 0 fully saturated rings. The molecule has 0 spiro atoms. The van der Waals surface area contributed by atoms with Gasteiger partial charge in [-0.1, -0.05) is 42.0 Å². The fourth-order valence-electron chi connectivity index (χ4n) is 3.69. The summed E-state index contributed by atoms with van der Waals surface area (Å²) < 4.78 is 1.93. The molecule has 5 rings (SSSR count). The van der Waals surface area contributed by atoms with Crippen molar-refractivity contribution in [1.29, 1.82) is 0 Å². The lowest BCUT2D eigenvalue weighted by Gasteiger charge is -2.12. The van der Waals surface area contributed by atoms with E-state index in [4.69, 9.17) is 9.97 Å². The predicted molar refractivity (Wildman–Crippen MR) is 116 cm³/mol. The van der Waals surface area contributed by atoms with Crippen LogP contribution in [-0.2, 0) is 0 Å². The number of para-hydroxylation sites is 2. The van der Waals surface area contributed by atoms with E-state index < -0.39 is 4.92 Å². The molecule has 0 aliphatic carbocycles. The molecule has 7 nitrogen and oxygen atoms in total. The van der Waals surface area contributed by atoms with Crippen molar-refractivity contribution in [2.45, 2.75) is 13.8 Å². The minimum atomic E-state index is -0.404. The molecule has 30 heavy (non-hydrogen) atoms. The van der Waals surface area contributed by atoms with Gasteiger partial charge in [0, 0.05) is 17.7 Å². The van der Waals surface area contributed by atoms with Gasteiger partial charge in [-0.05, 0) is 37.6 Å². The molecule has 0 atom stereocenters. The number of aryl methyl sites for hydroxylation is 2. The first-order valence-electron chi connectivity index (χ1n) is 9.49. The van der Waals surface area contributed by atoms with Gasteiger partial charge in [0.15, 0.2) is 11.3 Å². The third kappa shape index (κ3) is 2.88. The first kappa shape index (κ1) is 17.9. The van der Waals surface area contributed by atoms with Crippen LogP contribution >= 0.6 is 0 Å². The van der Waals surface area contributed by atoms with Crippen LogP contribution in [0.5, 0.6) is 0 Å². The Balaban J connectivity index is 1.88. The Hall–Kier alpha value is -4.13. The van der Waals surface area contributed by atoms with Gasteiger partial charge in [0.25, 0.3) is 5.69 Å². The molecule has 0 saturated heterocycles. The maximum Gasteiger partial charge on any atom is 0.270 e. The molecule has 0 saturated carbocycles. The summed E-state index contributed by atoms with van der Waals surface area (Å²) in [6.45, 7) is 4.07. The summed E-state index contributed by atoms with van der Waals surface area (Å²) in [5.74, 6) is 0.566. The number of nitro benzene ring substituents is 1. The molecule has 2 aromatic heterocycles. The lowest BCUT2D eigenvalue weighted by atomic mass is 10.1. The molecule has 0 amide bonds. The molecule has 0 aliphatic heterocycles. The molecule has 0 aliphatic rings. The largest absolute Gasteiger partial charge is 0.275 e. The van der Waals surface area contributed by atoms with Gasteiger partial charge in [-0.2, -0.15) is 0 Å². The number of hydrogen-bond donors (Lipinski definition) is 0. The van der Waals surface area contributed by atoms with Crippen LogP contribution < -0.4 is 0 Å². The number of aromatic nitrogens is 4. The normalized spacial score (nSPS) is 11.3. The molecule has 0 radical (unpaired) electrons. The van der Waals surface area contributed by atoms with Crippen molar-refractivity contribution in [2.24, 2.45) is 0 Å².